The highest BCUT2D eigenvalue weighted by Gasteiger charge is 2.23. The number of hydrogen-bond acceptors (Lipinski definition) is 4. The summed E-state index contributed by atoms with van der Waals surface area (Å²) in [6.07, 6.45) is 0. The van der Waals surface area contributed by atoms with Crippen molar-refractivity contribution in [2.24, 2.45) is 0 Å². The largest absolute Gasteiger partial charge is 0.345 e. The molecule has 1 aromatic heterocycles. The zero-order valence-electron chi connectivity index (χ0n) is 10.2. The number of rotatable bonds is 1. The predicted molar refractivity (Wildman–Crippen MR) is 73.9 cm³/mol. The van der Waals surface area contributed by atoms with Crippen molar-refractivity contribution in [2.75, 3.05) is 18.0 Å². The normalized spacial score (nSPS) is 25.4. The van der Waals surface area contributed by atoms with Gasteiger partial charge < -0.3 is 10.2 Å². The van der Waals surface area contributed by atoms with E-state index in [9.17, 15) is 0 Å². The maximum Gasteiger partial charge on any atom is 0.186 e. The molecule has 1 aliphatic rings. The molecule has 1 fully saturated rings. The smallest absolute Gasteiger partial charge is 0.186 e. The van der Waals surface area contributed by atoms with Gasteiger partial charge in [-0.3, -0.25) is 0 Å². The SMILES string of the molecule is C[C@@H]1CN(c2nc3ccccc3s2)C[C@H](C)N1. The lowest BCUT2D eigenvalue weighted by molar-refractivity contribution is 0.407. The number of anilines is 1. The molecule has 3 nitrogen and oxygen atoms in total. The van der Waals surface area contributed by atoms with Gasteiger partial charge in [-0.05, 0) is 26.0 Å². The Morgan fingerprint density at radius 1 is 1.24 bits per heavy atom. The lowest BCUT2D eigenvalue weighted by atomic mass is 10.2. The van der Waals surface area contributed by atoms with Crippen molar-refractivity contribution in [3.05, 3.63) is 24.3 Å². The highest BCUT2D eigenvalue weighted by atomic mass is 32.1. The second-order valence-corrected chi connectivity index (χ2v) is 5.85. The molecular weight excluding hydrogens is 230 g/mol. The van der Waals surface area contributed by atoms with Crippen LogP contribution in [0.5, 0.6) is 0 Å². The van der Waals surface area contributed by atoms with Crippen LogP contribution in [-0.2, 0) is 0 Å². The molecule has 1 aliphatic heterocycles. The molecule has 4 heteroatoms. The summed E-state index contributed by atoms with van der Waals surface area (Å²) in [7, 11) is 0. The van der Waals surface area contributed by atoms with E-state index in [0.29, 0.717) is 12.1 Å². The van der Waals surface area contributed by atoms with Gasteiger partial charge in [-0.15, -0.1) is 0 Å². The summed E-state index contributed by atoms with van der Waals surface area (Å²) in [5, 5.41) is 4.71. The summed E-state index contributed by atoms with van der Waals surface area (Å²) >= 11 is 1.79. The summed E-state index contributed by atoms with van der Waals surface area (Å²) < 4.78 is 1.28. The molecule has 90 valence electrons. The zero-order valence-corrected chi connectivity index (χ0v) is 11.0. The minimum Gasteiger partial charge on any atom is -0.345 e. The Hall–Kier alpha value is -1.13. The van der Waals surface area contributed by atoms with Gasteiger partial charge in [-0.2, -0.15) is 0 Å². The van der Waals surface area contributed by atoms with E-state index in [2.05, 4.69) is 48.3 Å². The third-order valence-electron chi connectivity index (χ3n) is 3.11. The Morgan fingerprint density at radius 2 is 1.94 bits per heavy atom. The standard InChI is InChI=1S/C13H17N3S/c1-9-7-16(8-10(2)14-9)13-15-11-5-3-4-6-12(11)17-13/h3-6,9-10,14H,7-8H2,1-2H3/t9-,10+. The fraction of sp³-hybridized carbons (Fsp3) is 0.462. The fourth-order valence-electron chi connectivity index (χ4n) is 2.48. The van der Waals surface area contributed by atoms with Gasteiger partial charge in [-0.1, -0.05) is 23.5 Å². The second kappa shape index (κ2) is 4.27. The van der Waals surface area contributed by atoms with E-state index >= 15 is 0 Å². The van der Waals surface area contributed by atoms with Crippen molar-refractivity contribution in [3.63, 3.8) is 0 Å². The van der Waals surface area contributed by atoms with Gasteiger partial charge in [-0.25, -0.2) is 4.98 Å². The average Bonchev–Trinajstić information content (AvgIpc) is 2.71. The van der Waals surface area contributed by atoms with Gasteiger partial charge in [0.25, 0.3) is 0 Å². The van der Waals surface area contributed by atoms with Gasteiger partial charge >= 0.3 is 0 Å². The lowest BCUT2D eigenvalue weighted by Gasteiger charge is -2.35. The van der Waals surface area contributed by atoms with E-state index in [4.69, 9.17) is 4.98 Å². The Balaban J connectivity index is 1.92. The molecule has 0 aliphatic carbocycles. The van der Waals surface area contributed by atoms with Crippen molar-refractivity contribution in [1.82, 2.24) is 10.3 Å². The Morgan fingerprint density at radius 3 is 2.65 bits per heavy atom. The number of nitrogens with zero attached hydrogens (tertiary/aromatic N) is 2. The fourth-order valence-corrected chi connectivity index (χ4v) is 3.46. The van der Waals surface area contributed by atoms with Crippen molar-refractivity contribution in [1.29, 1.82) is 0 Å². The zero-order chi connectivity index (χ0) is 11.8. The first-order valence-electron chi connectivity index (χ1n) is 6.09. The topological polar surface area (TPSA) is 28.2 Å². The number of benzene rings is 1. The summed E-state index contributed by atoms with van der Waals surface area (Å²) in [5.41, 5.74) is 1.12. The van der Waals surface area contributed by atoms with Crippen LogP contribution in [0.2, 0.25) is 0 Å². The van der Waals surface area contributed by atoms with Gasteiger partial charge in [0.05, 0.1) is 10.2 Å². The van der Waals surface area contributed by atoms with E-state index in [-0.39, 0.29) is 0 Å². The number of piperazine rings is 1. The maximum atomic E-state index is 4.72. The van der Waals surface area contributed by atoms with Gasteiger partial charge in [0, 0.05) is 25.2 Å². The van der Waals surface area contributed by atoms with Crippen LogP contribution in [0.1, 0.15) is 13.8 Å². The quantitative estimate of drug-likeness (QED) is 0.839. The Labute approximate surface area is 105 Å². The number of aromatic nitrogens is 1. The van der Waals surface area contributed by atoms with Crippen LogP contribution in [0.4, 0.5) is 5.13 Å². The molecule has 3 rings (SSSR count). The highest BCUT2D eigenvalue weighted by molar-refractivity contribution is 7.22. The van der Waals surface area contributed by atoms with E-state index in [1.54, 1.807) is 11.3 Å². The first-order valence-corrected chi connectivity index (χ1v) is 6.90. The van der Waals surface area contributed by atoms with Gasteiger partial charge in [0.1, 0.15) is 0 Å². The molecule has 0 radical (unpaired) electrons. The van der Waals surface area contributed by atoms with Gasteiger partial charge in [0.2, 0.25) is 0 Å². The number of nitrogens with one attached hydrogen (secondary N) is 1. The van der Waals surface area contributed by atoms with E-state index < -0.39 is 0 Å². The predicted octanol–water partition coefficient (Wildman–Crippen LogP) is 2.48. The van der Waals surface area contributed by atoms with Crippen molar-refractivity contribution >= 4 is 26.7 Å². The van der Waals surface area contributed by atoms with E-state index in [0.717, 1.165) is 23.7 Å². The molecule has 0 spiro atoms. The Bertz CT molecular complexity index is 479. The first kappa shape index (κ1) is 11.0. The molecule has 0 amide bonds. The molecule has 0 saturated carbocycles. The lowest BCUT2D eigenvalue weighted by Crippen LogP contribution is -2.54. The van der Waals surface area contributed by atoms with Crippen molar-refractivity contribution in [2.45, 2.75) is 25.9 Å². The number of thiazole rings is 1. The van der Waals surface area contributed by atoms with Crippen molar-refractivity contribution < 1.29 is 0 Å². The molecule has 2 aromatic rings. The number of hydrogen-bond donors (Lipinski definition) is 1. The molecule has 2 atom stereocenters. The minimum absolute atomic E-state index is 0.533. The average molecular weight is 247 g/mol. The van der Waals surface area contributed by atoms with Crippen LogP contribution in [0.15, 0.2) is 24.3 Å². The van der Waals surface area contributed by atoms with Crippen LogP contribution in [0.25, 0.3) is 10.2 Å². The summed E-state index contributed by atoms with van der Waals surface area (Å²) in [6.45, 7) is 6.56. The van der Waals surface area contributed by atoms with Crippen LogP contribution < -0.4 is 10.2 Å². The molecule has 1 aromatic carbocycles. The minimum atomic E-state index is 0.533. The summed E-state index contributed by atoms with van der Waals surface area (Å²) in [5.74, 6) is 0. The van der Waals surface area contributed by atoms with Crippen molar-refractivity contribution in [3.8, 4) is 0 Å². The van der Waals surface area contributed by atoms with Crippen LogP contribution in [-0.4, -0.2) is 30.2 Å². The van der Waals surface area contributed by atoms with Crippen LogP contribution in [0.3, 0.4) is 0 Å². The molecule has 1 saturated heterocycles. The second-order valence-electron chi connectivity index (χ2n) is 4.84. The summed E-state index contributed by atoms with van der Waals surface area (Å²) in [6, 6.07) is 9.43. The number of para-hydroxylation sites is 1. The molecule has 1 N–H and O–H groups in total. The number of fused-ring (bicyclic) bond motifs is 1. The van der Waals surface area contributed by atoms with Crippen LogP contribution in [0, 0.1) is 0 Å². The maximum absolute atomic E-state index is 4.72. The first-order chi connectivity index (χ1) is 8.22. The highest BCUT2D eigenvalue weighted by Crippen LogP contribution is 2.29. The van der Waals surface area contributed by atoms with Crippen LogP contribution >= 0.6 is 11.3 Å². The molecule has 0 unspecified atom stereocenters. The summed E-state index contributed by atoms with van der Waals surface area (Å²) in [4.78, 5) is 7.12. The third-order valence-corrected chi connectivity index (χ3v) is 4.21. The molecular formula is C13H17N3S. The van der Waals surface area contributed by atoms with E-state index in [1.165, 1.54) is 4.70 Å². The van der Waals surface area contributed by atoms with E-state index in [1.807, 2.05) is 0 Å². The molecule has 2 heterocycles. The monoisotopic (exact) mass is 247 g/mol. The molecule has 17 heavy (non-hydrogen) atoms. The molecule has 0 bridgehead atoms. The van der Waals surface area contributed by atoms with Gasteiger partial charge in [0.15, 0.2) is 5.13 Å². The third kappa shape index (κ3) is 2.15. The Kier molecular flexibility index (Phi) is 2.76.